The van der Waals surface area contributed by atoms with E-state index in [1.807, 2.05) is 0 Å². The number of amides is 1. The fourth-order valence-corrected chi connectivity index (χ4v) is 4.43. The third kappa shape index (κ3) is 4.32. The van der Waals surface area contributed by atoms with Gasteiger partial charge < -0.3 is 10.1 Å². The molecule has 3 aromatic rings. The Morgan fingerprint density at radius 3 is 2.56 bits per heavy atom. The monoisotopic (exact) mass is 474 g/mol. The number of alkyl halides is 3. The summed E-state index contributed by atoms with van der Waals surface area (Å²) in [6, 6.07) is 14.2. The van der Waals surface area contributed by atoms with Crippen LogP contribution in [0, 0.1) is 0 Å². The molecule has 0 saturated carbocycles. The van der Waals surface area contributed by atoms with Crippen molar-refractivity contribution in [3.05, 3.63) is 82.4 Å². The number of hydrogen-bond donors (Lipinski definition) is 2. The van der Waals surface area contributed by atoms with E-state index in [9.17, 15) is 22.8 Å². The minimum Gasteiger partial charge on any atom is -0.478 e. The van der Waals surface area contributed by atoms with Crippen LogP contribution in [0.25, 0.3) is 17.3 Å². The number of nitrogens with one attached hydrogen (secondary N) is 1. The Bertz CT molecular complexity index is 1280. The summed E-state index contributed by atoms with van der Waals surface area (Å²) in [6.45, 7) is 0. The van der Waals surface area contributed by atoms with E-state index in [0.29, 0.717) is 17.0 Å². The predicted octanol–water partition coefficient (Wildman–Crippen LogP) is 5.80. The van der Waals surface area contributed by atoms with Crippen molar-refractivity contribution in [1.29, 1.82) is 0 Å². The molecule has 2 aromatic carbocycles. The Hall–Kier alpha value is -3.37. The van der Waals surface area contributed by atoms with Gasteiger partial charge in [0, 0.05) is 11.4 Å². The molecule has 0 radical (unpaired) electrons. The predicted molar refractivity (Wildman–Crippen MR) is 120 cm³/mol. The molecule has 1 aliphatic heterocycles. The third-order valence-corrected chi connectivity index (χ3v) is 5.94. The Morgan fingerprint density at radius 1 is 1.09 bits per heavy atom. The van der Waals surface area contributed by atoms with Crippen LogP contribution in [0.15, 0.2) is 65.6 Å². The summed E-state index contributed by atoms with van der Waals surface area (Å²) in [4.78, 5) is 28.5. The van der Waals surface area contributed by atoms with E-state index in [1.54, 1.807) is 30.3 Å². The second-order valence-electron chi connectivity index (χ2n) is 6.78. The summed E-state index contributed by atoms with van der Waals surface area (Å²) in [5.74, 6) is -1.57. The SMILES string of the molecule is O=C(O)c1cccc(-c2ccc(/C=C3\SC(=S)N(c4cccc(C(F)(F)F)c4)C3=O)[nH]2)c1. The van der Waals surface area contributed by atoms with E-state index in [-0.39, 0.29) is 20.5 Å². The summed E-state index contributed by atoms with van der Waals surface area (Å²) < 4.78 is 39.2. The maximum absolute atomic E-state index is 13.0. The number of thiocarbonyl (C=S) groups is 1. The van der Waals surface area contributed by atoms with Crippen molar-refractivity contribution in [2.45, 2.75) is 6.18 Å². The van der Waals surface area contributed by atoms with Gasteiger partial charge in [-0.2, -0.15) is 13.2 Å². The Labute approximate surface area is 189 Å². The maximum atomic E-state index is 13.0. The highest BCUT2D eigenvalue weighted by molar-refractivity contribution is 8.27. The molecule has 2 N–H and O–H groups in total. The molecule has 0 atom stereocenters. The van der Waals surface area contributed by atoms with Crippen LogP contribution >= 0.6 is 24.0 Å². The molecule has 0 spiro atoms. The summed E-state index contributed by atoms with van der Waals surface area (Å²) in [7, 11) is 0. The zero-order chi connectivity index (χ0) is 23.0. The largest absolute Gasteiger partial charge is 0.478 e. The second-order valence-corrected chi connectivity index (χ2v) is 8.45. The van der Waals surface area contributed by atoms with Crippen molar-refractivity contribution in [3.8, 4) is 11.3 Å². The average Bonchev–Trinajstić information content (AvgIpc) is 3.32. The van der Waals surface area contributed by atoms with Crippen LogP contribution in [-0.4, -0.2) is 26.3 Å². The molecule has 162 valence electrons. The molecule has 5 nitrogen and oxygen atoms in total. The average molecular weight is 474 g/mol. The molecule has 1 amide bonds. The van der Waals surface area contributed by atoms with Gasteiger partial charge in [-0.3, -0.25) is 9.69 Å². The van der Waals surface area contributed by atoms with Gasteiger partial charge in [-0.25, -0.2) is 4.79 Å². The molecule has 0 bridgehead atoms. The highest BCUT2D eigenvalue weighted by atomic mass is 32.2. The Balaban J connectivity index is 1.61. The lowest BCUT2D eigenvalue weighted by molar-refractivity contribution is -0.137. The van der Waals surface area contributed by atoms with Crippen LogP contribution in [0.3, 0.4) is 0 Å². The van der Waals surface area contributed by atoms with Crippen molar-refractivity contribution in [3.63, 3.8) is 0 Å². The van der Waals surface area contributed by atoms with Crippen LogP contribution in [0.1, 0.15) is 21.6 Å². The van der Waals surface area contributed by atoms with Gasteiger partial charge >= 0.3 is 12.1 Å². The van der Waals surface area contributed by atoms with E-state index in [4.69, 9.17) is 17.3 Å². The van der Waals surface area contributed by atoms with E-state index in [0.717, 1.165) is 28.8 Å². The highest BCUT2D eigenvalue weighted by Gasteiger charge is 2.36. The topological polar surface area (TPSA) is 73.4 Å². The lowest BCUT2D eigenvalue weighted by Gasteiger charge is -2.16. The van der Waals surface area contributed by atoms with Gasteiger partial charge in [0.15, 0.2) is 4.32 Å². The number of anilines is 1. The fraction of sp³-hybridized carbons (Fsp3) is 0.0455. The zero-order valence-corrected chi connectivity index (χ0v) is 17.6. The molecule has 1 saturated heterocycles. The molecule has 0 aliphatic carbocycles. The van der Waals surface area contributed by atoms with Gasteiger partial charge in [-0.05, 0) is 54.1 Å². The summed E-state index contributed by atoms with van der Waals surface area (Å²) in [5.41, 5.74) is 1.17. The van der Waals surface area contributed by atoms with Gasteiger partial charge in [-0.1, -0.05) is 42.2 Å². The second kappa shape index (κ2) is 8.29. The number of benzene rings is 2. The van der Waals surface area contributed by atoms with Gasteiger partial charge in [0.05, 0.1) is 21.7 Å². The number of carbonyl (C=O) groups is 2. The number of aromatic amines is 1. The van der Waals surface area contributed by atoms with Gasteiger partial charge in [0.2, 0.25) is 0 Å². The smallest absolute Gasteiger partial charge is 0.416 e. The number of aromatic carboxylic acids is 1. The minimum atomic E-state index is -4.54. The first kappa shape index (κ1) is 21.8. The van der Waals surface area contributed by atoms with E-state index >= 15 is 0 Å². The van der Waals surface area contributed by atoms with Crippen LogP contribution in [0.4, 0.5) is 18.9 Å². The van der Waals surface area contributed by atoms with Crippen LogP contribution in [0.2, 0.25) is 0 Å². The number of thioether (sulfide) groups is 1. The van der Waals surface area contributed by atoms with Crippen molar-refractivity contribution < 1.29 is 27.9 Å². The Kier molecular flexibility index (Phi) is 5.66. The Morgan fingerprint density at radius 2 is 1.84 bits per heavy atom. The summed E-state index contributed by atoms with van der Waals surface area (Å²) >= 11 is 6.22. The molecule has 1 aliphatic rings. The third-order valence-electron chi connectivity index (χ3n) is 4.64. The number of carboxylic acid groups (broad SMARTS) is 1. The summed E-state index contributed by atoms with van der Waals surface area (Å²) in [5, 5.41) is 9.15. The molecule has 0 unspecified atom stereocenters. The quantitative estimate of drug-likeness (QED) is 0.369. The van der Waals surface area contributed by atoms with Crippen molar-refractivity contribution >= 4 is 51.9 Å². The number of carbonyl (C=O) groups excluding carboxylic acids is 1. The van der Waals surface area contributed by atoms with Crippen molar-refractivity contribution in [2.75, 3.05) is 4.90 Å². The lowest BCUT2D eigenvalue weighted by atomic mass is 10.1. The van der Waals surface area contributed by atoms with Crippen LogP contribution < -0.4 is 4.90 Å². The number of rotatable bonds is 4. The fourth-order valence-electron chi connectivity index (χ4n) is 3.14. The first-order valence-electron chi connectivity index (χ1n) is 9.11. The van der Waals surface area contributed by atoms with Gasteiger partial charge in [0.1, 0.15) is 0 Å². The molecular formula is C22H13F3N2O3S2. The van der Waals surface area contributed by atoms with Crippen molar-refractivity contribution in [2.24, 2.45) is 0 Å². The number of nitrogens with zero attached hydrogens (tertiary/aromatic N) is 1. The molecule has 4 rings (SSSR count). The lowest BCUT2D eigenvalue weighted by Crippen LogP contribution is -2.27. The number of hydrogen-bond acceptors (Lipinski definition) is 4. The number of aromatic nitrogens is 1. The van der Waals surface area contributed by atoms with Gasteiger partial charge in [0.25, 0.3) is 5.91 Å². The number of H-pyrrole nitrogens is 1. The number of carboxylic acids is 1. The molecule has 32 heavy (non-hydrogen) atoms. The minimum absolute atomic E-state index is 0.0448. The maximum Gasteiger partial charge on any atom is 0.416 e. The normalized spacial score (nSPS) is 15.6. The standard InChI is InChI=1S/C22H13F3N2O3S2/c23-22(24,25)14-5-2-6-16(10-14)27-19(28)18(32-21(27)31)11-15-7-8-17(26-15)12-3-1-4-13(9-12)20(29)30/h1-11,26H,(H,29,30)/b18-11-. The van der Waals surface area contributed by atoms with Crippen LogP contribution in [-0.2, 0) is 11.0 Å². The molecule has 1 fully saturated rings. The van der Waals surface area contributed by atoms with E-state index in [1.165, 1.54) is 24.3 Å². The van der Waals surface area contributed by atoms with E-state index < -0.39 is 23.6 Å². The van der Waals surface area contributed by atoms with Gasteiger partial charge in [-0.15, -0.1) is 0 Å². The van der Waals surface area contributed by atoms with Crippen LogP contribution in [0.5, 0.6) is 0 Å². The molecule has 1 aromatic heterocycles. The zero-order valence-electron chi connectivity index (χ0n) is 16.0. The van der Waals surface area contributed by atoms with Crippen molar-refractivity contribution in [1.82, 2.24) is 4.98 Å². The summed E-state index contributed by atoms with van der Waals surface area (Å²) in [6.07, 6.45) is -2.98. The first-order chi connectivity index (χ1) is 15.1. The molecule has 2 heterocycles. The number of halogens is 3. The molecule has 10 heteroatoms. The molecular weight excluding hydrogens is 461 g/mol. The van der Waals surface area contributed by atoms with E-state index in [2.05, 4.69) is 4.98 Å². The highest BCUT2D eigenvalue weighted by Crippen LogP contribution is 2.38. The first-order valence-corrected chi connectivity index (χ1v) is 10.3.